The van der Waals surface area contributed by atoms with E-state index in [1.165, 1.54) is 0 Å². The van der Waals surface area contributed by atoms with Crippen LogP contribution in [0.5, 0.6) is 5.75 Å². The zero-order valence-corrected chi connectivity index (χ0v) is 11.2. The monoisotopic (exact) mass is 268 g/mol. The van der Waals surface area contributed by atoms with Crippen LogP contribution in [-0.4, -0.2) is 18.7 Å². The van der Waals surface area contributed by atoms with E-state index in [-0.39, 0.29) is 12.5 Å². The second kappa shape index (κ2) is 7.09. The highest BCUT2D eigenvalue weighted by Crippen LogP contribution is 2.11. The van der Waals surface area contributed by atoms with Crippen LogP contribution in [0.1, 0.15) is 11.1 Å². The highest BCUT2D eigenvalue weighted by atomic mass is 16.5. The van der Waals surface area contributed by atoms with Crippen molar-refractivity contribution in [1.82, 2.24) is 5.43 Å². The molecule has 0 fully saturated rings. The predicted octanol–water partition coefficient (Wildman–Crippen LogP) is 2.52. The van der Waals surface area contributed by atoms with Crippen molar-refractivity contribution in [3.63, 3.8) is 0 Å². The molecule has 102 valence electrons. The van der Waals surface area contributed by atoms with Gasteiger partial charge in [0.1, 0.15) is 5.75 Å². The molecule has 0 aliphatic rings. The normalized spacial score (nSPS) is 10.4. The Hall–Kier alpha value is -2.62. The van der Waals surface area contributed by atoms with Gasteiger partial charge in [0.25, 0.3) is 5.91 Å². The summed E-state index contributed by atoms with van der Waals surface area (Å²) in [5, 5.41) is 3.87. The maximum Gasteiger partial charge on any atom is 0.277 e. The second-order valence-electron chi connectivity index (χ2n) is 4.31. The molecule has 20 heavy (non-hydrogen) atoms. The third-order valence-electron chi connectivity index (χ3n) is 2.56. The van der Waals surface area contributed by atoms with Crippen molar-refractivity contribution in [2.24, 2.45) is 5.10 Å². The molecule has 0 saturated carbocycles. The van der Waals surface area contributed by atoms with Gasteiger partial charge < -0.3 is 4.74 Å². The van der Waals surface area contributed by atoms with Crippen molar-refractivity contribution in [3.8, 4) is 5.75 Å². The Balaban J connectivity index is 1.77. The number of hydrazone groups is 1. The van der Waals surface area contributed by atoms with Gasteiger partial charge in [-0.3, -0.25) is 4.79 Å². The van der Waals surface area contributed by atoms with Crippen molar-refractivity contribution in [3.05, 3.63) is 65.7 Å². The smallest absolute Gasteiger partial charge is 0.277 e. The van der Waals surface area contributed by atoms with Gasteiger partial charge in [-0.1, -0.05) is 42.5 Å². The van der Waals surface area contributed by atoms with Crippen LogP contribution in [-0.2, 0) is 4.79 Å². The van der Waals surface area contributed by atoms with Crippen molar-refractivity contribution in [2.75, 3.05) is 6.61 Å². The van der Waals surface area contributed by atoms with E-state index in [9.17, 15) is 4.79 Å². The van der Waals surface area contributed by atoms with Crippen molar-refractivity contribution in [1.29, 1.82) is 0 Å². The molecule has 1 N–H and O–H groups in total. The van der Waals surface area contributed by atoms with Crippen molar-refractivity contribution in [2.45, 2.75) is 6.92 Å². The molecular formula is C16H16N2O2. The topological polar surface area (TPSA) is 50.7 Å². The number of carbonyl (C=O) groups is 1. The van der Waals surface area contributed by atoms with Crippen LogP contribution < -0.4 is 10.2 Å². The summed E-state index contributed by atoms with van der Waals surface area (Å²) in [6.07, 6.45) is 1.59. The van der Waals surface area contributed by atoms with E-state index >= 15 is 0 Å². The van der Waals surface area contributed by atoms with Crippen molar-refractivity contribution < 1.29 is 9.53 Å². The molecular weight excluding hydrogens is 252 g/mol. The highest BCUT2D eigenvalue weighted by Gasteiger charge is 2.01. The Bertz CT molecular complexity index is 594. The van der Waals surface area contributed by atoms with Gasteiger partial charge in [-0.05, 0) is 30.2 Å². The first-order chi connectivity index (χ1) is 9.74. The van der Waals surface area contributed by atoms with Gasteiger partial charge in [0.15, 0.2) is 6.61 Å². The van der Waals surface area contributed by atoms with Crippen molar-refractivity contribution >= 4 is 12.1 Å². The van der Waals surface area contributed by atoms with Crippen LogP contribution in [0.25, 0.3) is 0 Å². The number of rotatable bonds is 5. The number of aryl methyl sites for hydroxylation is 1. The molecule has 2 aromatic carbocycles. The molecule has 2 aromatic rings. The Labute approximate surface area is 118 Å². The minimum Gasteiger partial charge on any atom is -0.484 e. The van der Waals surface area contributed by atoms with Crippen LogP contribution in [0, 0.1) is 6.92 Å². The van der Waals surface area contributed by atoms with E-state index in [1.807, 2.05) is 61.5 Å². The zero-order chi connectivity index (χ0) is 14.2. The lowest BCUT2D eigenvalue weighted by Gasteiger charge is -2.05. The molecule has 0 atom stereocenters. The number of nitrogens with one attached hydrogen (secondary N) is 1. The lowest BCUT2D eigenvalue weighted by Crippen LogP contribution is -2.24. The molecule has 1 amide bonds. The minimum atomic E-state index is -0.293. The molecule has 0 spiro atoms. The fourth-order valence-electron chi connectivity index (χ4n) is 1.60. The Morgan fingerprint density at radius 3 is 2.75 bits per heavy atom. The Kier molecular flexibility index (Phi) is 4.89. The van der Waals surface area contributed by atoms with Crippen LogP contribution in [0.15, 0.2) is 59.7 Å². The molecule has 0 radical (unpaired) electrons. The van der Waals surface area contributed by atoms with Crippen LogP contribution in [0.4, 0.5) is 0 Å². The molecule has 4 heteroatoms. The van der Waals surface area contributed by atoms with E-state index in [4.69, 9.17) is 4.74 Å². The number of nitrogens with zero attached hydrogens (tertiary/aromatic N) is 1. The summed E-state index contributed by atoms with van der Waals surface area (Å²) in [7, 11) is 0. The summed E-state index contributed by atoms with van der Waals surface area (Å²) < 4.78 is 5.37. The average Bonchev–Trinajstić information content (AvgIpc) is 2.46. The fraction of sp³-hybridized carbons (Fsp3) is 0.125. The summed E-state index contributed by atoms with van der Waals surface area (Å²) in [5.41, 5.74) is 4.43. The van der Waals surface area contributed by atoms with Gasteiger partial charge in [0.05, 0.1) is 6.21 Å². The number of benzene rings is 2. The van der Waals surface area contributed by atoms with Crippen LogP contribution >= 0.6 is 0 Å². The summed E-state index contributed by atoms with van der Waals surface area (Å²) in [4.78, 5) is 11.5. The fourth-order valence-corrected chi connectivity index (χ4v) is 1.60. The van der Waals surface area contributed by atoms with E-state index in [1.54, 1.807) is 6.21 Å². The van der Waals surface area contributed by atoms with E-state index in [0.717, 1.165) is 11.1 Å². The number of hydrogen-bond donors (Lipinski definition) is 1. The number of carbonyl (C=O) groups excluding carboxylic acids is 1. The minimum absolute atomic E-state index is 0.0599. The van der Waals surface area contributed by atoms with Gasteiger partial charge in [-0.15, -0.1) is 0 Å². The van der Waals surface area contributed by atoms with Gasteiger partial charge in [-0.2, -0.15) is 5.10 Å². The molecule has 0 aliphatic heterocycles. The second-order valence-corrected chi connectivity index (χ2v) is 4.31. The number of amides is 1. The molecule has 0 aromatic heterocycles. The molecule has 4 nitrogen and oxygen atoms in total. The van der Waals surface area contributed by atoms with Gasteiger partial charge in [0, 0.05) is 0 Å². The molecule has 0 saturated heterocycles. The summed E-state index contributed by atoms with van der Waals surface area (Å²) in [6.45, 7) is 1.91. The SMILES string of the molecule is Cc1cccc(OCC(=O)N/N=C\c2ccccc2)c1. The van der Waals surface area contributed by atoms with Gasteiger partial charge >= 0.3 is 0 Å². The zero-order valence-electron chi connectivity index (χ0n) is 11.2. The van der Waals surface area contributed by atoms with Crippen LogP contribution in [0.3, 0.4) is 0 Å². The van der Waals surface area contributed by atoms with Gasteiger partial charge in [0.2, 0.25) is 0 Å². The summed E-state index contributed by atoms with van der Waals surface area (Å²) in [6, 6.07) is 17.1. The maximum atomic E-state index is 11.5. The molecule has 0 bridgehead atoms. The Morgan fingerprint density at radius 2 is 2.00 bits per heavy atom. The van der Waals surface area contributed by atoms with Crippen LogP contribution in [0.2, 0.25) is 0 Å². The third kappa shape index (κ3) is 4.57. The maximum absolute atomic E-state index is 11.5. The molecule has 2 rings (SSSR count). The Morgan fingerprint density at radius 1 is 1.20 bits per heavy atom. The van der Waals surface area contributed by atoms with Gasteiger partial charge in [-0.25, -0.2) is 5.43 Å². The van der Waals surface area contributed by atoms with E-state index in [0.29, 0.717) is 5.75 Å². The van der Waals surface area contributed by atoms with E-state index in [2.05, 4.69) is 10.5 Å². The van der Waals surface area contributed by atoms with E-state index < -0.39 is 0 Å². The third-order valence-corrected chi connectivity index (χ3v) is 2.56. The standard InChI is InChI=1S/C16H16N2O2/c1-13-6-5-9-15(10-13)20-12-16(19)18-17-11-14-7-3-2-4-8-14/h2-11H,12H2,1H3,(H,18,19)/b17-11-. The first kappa shape index (κ1) is 13.8. The highest BCUT2D eigenvalue weighted by molar-refractivity contribution is 5.82. The first-order valence-electron chi connectivity index (χ1n) is 6.30. The molecule has 0 aliphatic carbocycles. The lowest BCUT2D eigenvalue weighted by atomic mass is 10.2. The summed E-state index contributed by atoms with van der Waals surface area (Å²) >= 11 is 0. The number of ether oxygens (including phenoxy) is 1. The average molecular weight is 268 g/mol. The largest absolute Gasteiger partial charge is 0.484 e. The molecule has 0 unspecified atom stereocenters. The quantitative estimate of drug-likeness (QED) is 0.669. The molecule has 0 heterocycles. The lowest BCUT2D eigenvalue weighted by molar-refractivity contribution is -0.123. The number of hydrogen-bond acceptors (Lipinski definition) is 3. The first-order valence-corrected chi connectivity index (χ1v) is 6.30. The predicted molar refractivity (Wildman–Crippen MR) is 78.9 cm³/mol. The summed E-state index contributed by atoms with van der Waals surface area (Å²) in [5.74, 6) is 0.380.